The van der Waals surface area contributed by atoms with Gasteiger partial charge in [0.25, 0.3) is 0 Å². The van der Waals surface area contributed by atoms with Crippen LogP contribution in [-0.4, -0.2) is 32.0 Å². The molecule has 2 N–H and O–H groups in total. The van der Waals surface area contributed by atoms with Crippen molar-refractivity contribution < 1.29 is 14.2 Å². The maximum atomic E-state index is 5.65. The lowest BCUT2D eigenvalue weighted by molar-refractivity contribution is 0.319. The first-order valence-electron chi connectivity index (χ1n) is 7.76. The highest BCUT2D eigenvalue weighted by Crippen LogP contribution is 2.17. The van der Waals surface area contributed by atoms with Crippen LogP contribution in [0.1, 0.15) is 6.92 Å². The number of anilines is 1. The number of hydrogen-bond acceptors (Lipinski definition) is 4. The molecule has 0 unspecified atom stereocenters. The lowest BCUT2D eigenvalue weighted by atomic mass is 10.3. The smallest absolute Gasteiger partial charge is 0.170 e. The van der Waals surface area contributed by atoms with Crippen molar-refractivity contribution >= 4 is 23.0 Å². The Labute approximate surface area is 147 Å². The minimum Gasteiger partial charge on any atom is -0.497 e. The van der Waals surface area contributed by atoms with E-state index in [0.717, 1.165) is 22.9 Å². The molecule has 2 aromatic rings. The minimum absolute atomic E-state index is 0.512. The zero-order valence-corrected chi connectivity index (χ0v) is 14.7. The van der Waals surface area contributed by atoms with E-state index in [4.69, 9.17) is 26.4 Å². The standard InChI is InChI=1S/C18H22N2O3S/c1-3-22-16-8-10-17(11-9-16)23-13-12-19-18(24)20-14-4-6-15(21-2)7-5-14/h4-11H,3,12-13H2,1-2H3,(H2,19,20,24). The molecule has 2 aromatic carbocycles. The summed E-state index contributed by atoms with van der Waals surface area (Å²) in [6.07, 6.45) is 0. The van der Waals surface area contributed by atoms with E-state index in [-0.39, 0.29) is 0 Å². The molecule has 0 fully saturated rings. The van der Waals surface area contributed by atoms with Gasteiger partial charge in [-0.25, -0.2) is 0 Å². The SMILES string of the molecule is CCOc1ccc(OCCNC(=S)Nc2ccc(OC)cc2)cc1. The monoisotopic (exact) mass is 346 g/mol. The van der Waals surface area contributed by atoms with Crippen molar-refractivity contribution in [1.82, 2.24) is 5.32 Å². The van der Waals surface area contributed by atoms with Gasteiger partial charge in [-0.15, -0.1) is 0 Å². The van der Waals surface area contributed by atoms with Crippen LogP contribution in [0, 0.1) is 0 Å². The summed E-state index contributed by atoms with van der Waals surface area (Å²) in [5.74, 6) is 2.45. The van der Waals surface area contributed by atoms with Crippen molar-refractivity contribution in [3.63, 3.8) is 0 Å². The van der Waals surface area contributed by atoms with Crippen LogP contribution in [-0.2, 0) is 0 Å². The summed E-state index contributed by atoms with van der Waals surface area (Å²) in [5, 5.41) is 6.76. The maximum Gasteiger partial charge on any atom is 0.170 e. The van der Waals surface area contributed by atoms with Crippen molar-refractivity contribution in [2.75, 3.05) is 32.2 Å². The lowest BCUT2D eigenvalue weighted by Gasteiger charge is -2.12. The van der Waals surface area contributed by atoms with Crippen LogP contribution < -0.4 is 24.8 Å². The van der Waals surface area contributed by atoms with Gasteiger partial charge in [0, 0.05) is 5.69 Å². The van der Waals surface area contributed by atoms with E-state index >= 15 is 0 Å². The molecule has 0 saturated carbocycles. The van der Waals surface area contributed by atoms with Crippen molar-refractivity contribution in [2.45, 2.75) is 6.92 Å². The Morgan fingerprint density at radius 1 is 0.917 bits per heavy atom. The van der Waals surface area contributed by atoms with Crippen molar-refractivity contribution in [1.29, 1.82) is 0 Å². The average molecular weight is 346 g/mol. The minimum atomic E-state index is 0.512. The summed E-state index contributed by atoms with van der Waals surface area (Å²) in [6.45, 7) is 3.73. The van der Waals surface area contributed by atoms with E-state index in [2.05, 4.69) is 10.6 Å². The third-order valence-corrected chi connectivity index (χ3v) is 3.39. The molecule has 128 valence electrons. The number of thiocarbonyl (C=S) groups is 1. The van der Waals surface area contributed by atoms with Crippen molar-refractivity contribution in [3.8, 4) is 17.2 Å². The largest absolute Gasteiger partial charge is 0.497 e. The molecule has 0 spiro atoms. The van der Waals surface area contributed by atoms with E-state index in [9.17, 15) is 0 Å². The van der Waals surface area contributed by atoms with Crippen LogP contribution >= 0.6 is 12.2 Å². The predicted octanol–water partition coefficient (Wildman–Crippen LogP) is 3.46. The Balaban J connectivity index is 1.66. The number of rotatable bonds is 8. The number of methoxy groups -OCH3 is 1. The molecule has 0 radical (unpaired) electrons. The lowest BCUT2D eigenvalue weighted by Crippen LogP contribution is -2.31. The first-order valence-corrected chi connectivity index (χ1v) is 8.16. The topological polar surface area (TPSA) is 51.8 Å². The second kappa shape index (κ2) is 9.62. The molecule has 0 saturated heterocycles. The van der Waals surface area contributed by atoms with Gasteiger partial charge in [-0.2, -0.15) is 0 Å². The molecule has 0 aliphatic carbocycles. The van der Waals surface area contributed by atoms with Gasteiger partial charge >= 0.3 is 0 Å². The molecule has 0 atom stereocenters. The van der Waals surface area contributed by atoms with Gasteiger partial charge in [0.05, 0.1) is 20.3 Å². The van der Waals surface area contributed by atoms with Gasteiger partial charge in [0.15, 0.2) is 5.11 Å². The second-order valence-corrected chi connectivity index (χ2v) is 5.27. The number of nitrogens with one attached hydrogen (secondary N) is 2. The van der Waals surface area contributed by atoms with E-state index in [1.54, 1.807) is 7.11 Å². The van der Waals surface area contributed by atoms with Gasteiger partial charge in [0.1, 0.15) is 23.9 Å². The third kappa shape index (κ3) is 5.96. The molecule has 0 amide bonds. The van der Waals surface area contributed by atoms with Crippen LogP contribution in [0.2, 0.25) is 0 Å². The molecule has 0 aliphatic rings. The molecule has 0 aliphatic heterocycles. The summed E-state index contributed by atoms with van der Waals surface area (Å²) in [6, 6.07) is 15.1. The quantitative estimate of drug-likeness (QED) is 0.564. The Bertz CT molecular complexity index is 630. The Morgan fingerprint density at radius 2 is 1.50 bits per heavy atom. The van der Waals surface area contributed by atoms with E-state index in [1.165, 1.54) is 0 Å². The molecule has 24 heavy (non-hydrogen) atoms. The fourth-order valence-corrected chi connectivity index (χ4v) is 2.20. The Kier molecular flexibility index (Phi) is 7.17. The molecular formula is C18H22N2O3S. The summed E-state index contributed by atoms with van der Waals surface area (Å²) in [5.41, 5.74) is 0.903. The first-order chi connectivity index (χ1) is 11.7. The first kappa shape index (κ1) is 17.9. The zero-order chi connectivity index (χ0) is 17.2. The summed E-state index contributed by atoms with van der Waals surface area (Å²) >= 11 is 5.25. The van der Waals surface area contributed by atoms with Crippen LogP contribution in [0.3, 0.4) is 0 Å². The van der Waals surface area contributed by atoms with Gasteiger partial charge < -0.3 is 24.8 Å². The molecular weight excluding hydrogens is 324 g/mol. The van der Waals surface area contributed by atoms with Gasteiger partial charge in [-0.05, 0) is 67.7 Å². The van der Waals surface area contributed by atoms with Gasteiger partial charge in [-0.1, -0.05) is 0 Å². The van der Waals surface area contributed by atoms with Crippen LogP contribution in [0.5, 0.6) is 17.2 Å². The van der Waals surface area contributed by atoms with E-state index in [0.29, 0.717) is 24.9 Å². The van der Waals surface area contributed by atoms with Crippen LogP contribution in [0.4, 0.5) is 5.69 Å². The Morgan fingerprint density at radius 3 is 2.08 bits per heavy atom. The predicted molar refractivity (Wildman–Crippen MR) is 100 cm³/mol. The highest BCUT2D eigenvalue weighted by atomic mass is 32.1. The summed E-state index contributed by atoms with van der Waals surface area (Å²) in [4.78, 5) is 0. The van der Waals surface area contributed by atoms with Crippen molar-refractivity contribution in [2.24, 2.45) is 0 Å². The summed E-state index contributed by atoms with van der Waals surface area (Å²) < 4.78 is 16.2. The van der Waals surface area contributed by atoms with E-state index < -0.39 is 0 Å². The second-order valence-electron chi connectivity index (χ2n) is 4.86. The van der Waals surface area contributed by atoms with Gasteiger partial charge in [-0.3, -0.25) is 0 Å². The fraction of sp³-hybridized carbons (Fsp3) is 0.278. The highest BCUT2D eigenvalue weighted by molar-refractivity contribution is 7.80. The third-order valence-electron chi connectivity index (χ3n) is 3.14. The molecule has 5 nitrogen and oxygen atoms in total. The summed E-state index contributed by atoms with van der Waals surface area (Å²) in [7, 11) is 1.64. The number of ether oxygens (including phenoxy) is 3. The molecule has 2 rings (SSSR count). The number of benzene rings is 2. The van der Waals surface area contributed by atoms with Crippen LogP contribution in [0.15, 0.2) is 48.5 Å². The van der Waals surface area contributed by atoms with Crippen molar-refractivity contribution in [3.05, 3.63) is 48.5 Å². The fourth-order valence-electron chi connectivity index (χ4n) is 1.98. The molecule has 6 heteroatoms. The zero-order valence-electron chi connectivity index (χ0n) is 13.9. The molecule has 0 bridgehead atoms. The highest BCUT2D eigenvalue weighted by Gasteiger charge is 1.99. The molecule has 0 aromatic heterocycles. The van der Waals surface area contributed by atoms with Gasteiger partial charge in [0.2, 0.25) is 0 Å². The number of hydrogen-bond donors (Lipinski definition) is 2. The Hall–Kier alpha value is -2.47. The maximum absolute atomic E-state index is 5.65. The normalized spacial score (nSPS) is 9.92. The van der Waals surface area contributed by atoms with Crippen LogP contribution in [0.25, 0.3) is 0 Å². The van der Waals surface area contributed by atoms with E-state index in [1.807, 2.05) is 55.5 Å². The average Bonchev–Trinajstić information content (AvgIpc) is 2.61. The molecule has 0 heterocycles.